The first-order chi connectivity index (χ1) is 9.44. The molecule has 2 aromatic rings. The summed E-state index contributed by atoms with van der Waals surface area (Å²) in [5.74, 6) is 0.0883. The van der Waals surface area contributed by atoms with Crippen LogP contribution in [-0.2, 0) is 10.0 Å². The summed E-state index contributed by atoms with van der Waals surface area (Å²) in [5.41, 5.74) is 0.960. The summed E-state index contributed by atoms with van der Waals surface area (Å²) in [4.78, 5) is -0.0757. The average Bonchev–Trinajstić information content (AvgIpc) is 2.42. The summed E-state index contributed by atoms with van der Waals surface area (Å²) in [6, 6.07) is 12.2. The Hall–Kier alpha value is -2.52. The Morgan fingerprint density at radius 2 is 1.90 bits per heavy atom. The predicted octanol–water partition coefficient (Wildman–Crippen LogP) is 2.37. The molecule has 0 fully saturated rings. The molecule has 0 radical (unpaired) electrons. The van der Waals surface area contributed by atoms with E-state index in [0.29, 0.717) is 11.3 Å². The van der Waals surface area contributed by atoms with Gasteiger partial charge in [0.25, 0.3) is 10.0 Å². The Labute approximate surface area is 117 Å². The molecule has 102 valence electrons. The Morgan fingerprint density at radius 1 is 1.20 bits per heavy atom. The fourth-order valence-electron chi connectivity index (χ4n) is 1.72. The van der Waals surface area contributed by atoms with Gasteiger partial charge in [-0.15, -0.1) is 0 Å². The maximum absolute atomic E-state index is 12.3. The predicted molar refractivity (Wildman–Crippen MR) is 74.8 cm³/mol. The first kappa shape index (κ1) is 13.9. The third-order valence-electron chi connectivity index (χ3n) is 2.75. The molecule has 0 heterocycles. The number of aryl methyl sites for hydroxylation is 1. The third kappa shape index (κ3) is 2.73. The number of nitriles is 1. The summed E-state index contributed by atoms with van der Waals surface area (Å²) in [5, 5.41) is 18.4. The van der Waals surface area contributed by atoms with E-state index in [1.807, 2.05) is 6.07 Å². The van der Waals surface area contributed by atoms with Crippen LogP contribution in [0.25, 0.3) is 0 Å². The van der Waals surface area contributed by atoms with E-state index in [1.54, 1.807) is 19.1 Å². The number of nitrogens with zero attached hydrogens (tertiary/aromatic N) is 1. The normalized spacial score (nSPS) is 10.8. The minimum absolute atomic E-state index is 0.0757. The van der Waals surface area contributed by atoms with E-state index >= 15 is 0 Å². The molecule has 2 rings (SSSR count). The third-order valence-corrected chi connectivity index (χ3v) is 4.19. The van der Waals surface area contributed by atoms with Crippen LogP contribution in [0.2, 0.25) is 0 Å². The molecule has 0 aliphatic heterocycles. The first-order valence-electron chi connectivity index (χ1n) is 5.75. The van der Waals surface area contributed by atoms with Crippen LogP contribution < -0.4 is 4.72 Å². The standard InChI is InChI=1S/C14H12N2O3S/c1-10-8-12(6-7-13(10)17)16-20(18,19)14-5-3-2-4-11(14)9-15/h2-8,16-17H,1H3. The van der Waals surface area contributed by atoms with Gasteiger partial charge in [0.1, 0.15) is 16.7 Å². The zero-order valence-corrected chi connectivity index (χ0v) is 11.5. The lowest BCUT2D eigenvalue weighted by Gasteiger charge is -2.10. The van der Waals surface area contributed by atoms with Gasteiger partial charge in [0.05, 0.1) is 5.56 Å². The Kier molecular flexibility index (Phi) is 3.63. The van der Waals surface area contributed by atoms with E-state index in [1.165, 1.54) is 30.3 Å². The van der Waals surface area contributed by atoms with Crippen molar-refractivity contribution in [2.24, 2.45) is 0 Å². The number of hydrogen-bond donors (Lipinski definition) is 2. The first-order valence-corrected chi connectivity index (χ1v) is 7.24. The molecule has 0 amide bonds. The van der Waals surface area contributed by atoms with Crippen LogP contribution in [0, 0.1) is 18.3 Å². The van der Waals surface area contributed by atoms with E-state index in [4.69, 9.17) is 5.26 Å². The van der Waals surface area contributed by atoms with Gasteiger partial charge in [-0.1, -0.05) is 12.1 Å². The summed E-state index contributed by atoms with van der Waals surface area (Å²) in [7, 11) is -3.84. The highest BCUT2D eigenvalue weighted by molar-refractivity contribution is 7.92. The molecule has 0 spiro atoms. The maximum Gasteiger partial charge on any atom is 0.263 e. The van der Waals surface area contributed by atoms with Crippen molar-refractivity contribution in [2.45, 2.75) is 11.8 Å². The number of aromatic hydroxyl groups is 1. The van der Waals surface area contributed by atoms with Crippen LogP contribution in [-0.4, -0.2) is 13.5 Å². The zero-order valence-electron chi connectivity index (χ0n) is 10.7. The second kappa shape index (κ2) is 5.23. The second-order valence-corrected chi connectivity index (χ2v) is 5.87. The van der Waals surface area contributed by atoms with Gasteiger partial charge < -0.3 is 5.11 Å². The molecule has 6 heteroatoms. The topological polar surface area (TPSA) is 90.2 Å². The largest absolute Gasteiger partial charge is 0.508 e. The number of phenols is 1. The van der Waals surface area contributed by atoms with Gasteiger partial charge in [0.15, 0.2) is 0 Å². The van der Waals surface area contributed by atoms with Crippen molar-refractivity contribution in [1.29, 1.82) is 5.26 Å². The van der Waals surface area contributed by atoms with E-state index < -0.39 is 10.0 Å². The van der Waals surface area contributed by atoms with Gasteiger partial charge in [0, 0.05) is 5.69 Å². The van der Waals surface area contributed by atoms with Crippen LogP contribution in [0.3, 0.4) is 0 Å². The minimum atomic E-state index is -3.84. The Morgan fingerprint density at radius 3 is 2.55 bits per heavy atom. The van der Waals surface area contributed by atoms with Gasteiger partial charge in [-0.2, -0.15) is 5.26 Å². The maximum atomic E-state index is 12.3. The van der Waals surface area contributed by atoms with E-state index in [0.717, 1.165) is 0 Å². The number of rotatable bonds is 3. The summed E-state index contributed by atoms with van der Waals surface area (Å²) in [6.07, 6.45) is 0. The molecule has 0 aromatic heterocycles. The lowest BCUT2D eigenvalue weighted by atomic mass is 10.2. The minimum Gasteiger partial charge on any atom is -0.508 e. The van der Waals surface area contributed by atoms with Gasteiger partial charge in [-0.25, -0.2) is 8.42 Å². The lowest BCUT2D eigenvalue weighted by Crippen LogP contribution is -2.14. The molecule has 5 nitrogen and oxygen atoms in total. The van der Waals surface area contributed by atoms with Gasteiger partial charge >= 0.3 is 0 Å². The van der Waals surface area contributed by atoms with Crippen molar-refractivity contribution in [3.63, 3.8) is 0 Å². The highest BCUT2D eigenvalue weighted by atomic mass is 32.2. The van der Waals surface area contributed by atoms with Crippen molar-refractivity contribution >= 4 is 15.7 Å². The Bertz CT molecular complexity index is 792. The van der Waals surface area contributed by atoms with Gasteiger partial charge in [-0.05, 0) is 42.8 Å². The molecule has 0 saturated carbocycles. The SMILES string of the molecule is Cc1cc(NS(=O)(=O)c2ccccc2C#N)ccc1O. The molecule has 0 saturated heterocycles. The van der Waals surface area contributed by atoms with Crippen molar-refractivity contribution < 1.29 is 13.5 Å². The van der Waals surface area contributed by atoms with Crippen molar-refractivity contribution in [3.05, 3.63) is 53.6 Å². The molecule has 0 bridgehead atoms. The molecular formula is C14H12N2O3S. The molecule has 20 heavy (non-hydrogen) atoms. The number of hydrogen-bond acceptors (Lipinski definition) is 4. The highest BCUT2D eigenvalue weighted by Gasteiger charge is 2.18. The number of benzene rings is 2. The molecule has 0 atom stereocenters. The van der Waals surface area contributed by atoms with Crippen LogP contribution in [0.5, 0.6) is 5.75 Å². The fraction of sp³-hybridized carbons (Fsp3) is 0.0714. The molecule has 2 N–H and O–H groups in total. The number of sulfonamides is 1. The second-order valence-electron chi connectivity index (χ2n) is 4.21. The summed E-state index contributed by atoms with van der Waals surface area (Å²) >= 11 is 0. The summed E-state index contributed by atoms with van der Waals surface area (Å²) < 4.78 is 26.9. The smallest absolute Gasteiger partial charge is 0.263 e. The van der Waals surface area contributed by atoms with Crippen LogP contribution >= 0.6 is 0 Å². The van der Waals surface area contributed by atoms with Gasteiger partial charge in [-0.3, -0.25) is 4.72 Å². The van der Waals surface area contributed by atoms with Crippen molar-refractivity contribution in [1.82, 2.24) is 0 Å². The number of phenolic OH excluding ortho intramolecular Hbond substituents is 1. The quantitative estimate of drug-likeness (QED) is 0.848. The van der Waals surface area contributed by atoms with Crippen LogP contribution in [0.4, 0.5) is 5.69 Å². The van der Waals surface area contributed by atoms with E-state index in [9.17, 15) is 13.5 Å². The molecule has 0 aliphatic rings. The van der Waals surface area contributed by atoms with Crippen molar-refractivity contribution in [3.8, 4) is 11.8 Å². The highest BCUT2D eigenvalue weighted by Crippen LogP contribution is 2.23. The van der Waals surface area contributed by atoms with Crippen LogP contribution in [0.1, 0.15) is 11.1 Å². The Balaban J connectivity index is 2.41. The molecular weight excluding hydrogens is 276 g/mol. The summed E-state index contributed by atoms with van der Waals surface area (Å²) in [6.45, 7) is 1.66. The number of nitrogens with one attached hydrogen (secondary N) is 1. The van der Waals surface area contributed by atoms with Gasteiger partial charge in [0.2, 0.25) is 0 Å². The molecule has 0 unspecified atom stereocenters. The van der Waals surface area contributed by atoms with Crippen LogP contribution in [0.15, 0.2) is 47.4 Å². The average molecular weight is 288 g/mol. The lowest BCUT2D eigenvalue weighted by molar-refractivity contribution is 0.471. The fourth-order valence-corrected chi connectivity index (χ4v) is 2.93. The zero-order chi connectivity index (χ0) is 14.8. The molecule has 2 aromatic carbocycles. The van der Waals surface area contributed by atoms with E-state index in [-0.39, 0.29) is 16.2 Å². The van der Waals surface area contributed by atoms with E-state index in [2.05, 4.69) is 4.72 Å². The van der Waals surface area contributed by atoms with Crippen molar-refractivity contribution in [2.75, 3.05) is 4.72 Å². The molecule has 0 aliphatic carbocycles. The monoisotopic (exact) mass is 288 g/mol. The number of anilines is 1.